The van der Waals surface area contributed by atoms with Crippen molar-refractivity contribution in [3.8, 4) is 5.75 Å². The number of amides is 1. The monoisotopic (exact) mass is 416 g/mol. The molecule has 0 atom stereocenters. The van der Waals surface area contributed by atoms with E-state index in [1.54, 1.807) is 19.1 Å². The number of ether oxygens (including phenoxy) is 1. The Labute approximate surface area is 172 Å². The van der Waals surface area contributed by atoms with Gasteiger partial charge in [0.1, 0.15) is 12.4 Å². The van der Waals surface area contributed by atoms with Gasteiger partial charge in [-0.2, -0.15) is 4.31 Å². The number of para-hydroxylation sites is 1. The number of carbonyl (C=O) groups excluding carboxylic acids is 1. The van der Waals surface area contributed by atoms with Crippen molar-refractivity contribution in [2.24, 2.45) is 0 Å². The van der Waals surface area contributed by atoms with Crippen LogP contribution >= 0.6 is 0 Å². The molecule has 1 saturated heterocycles. The molecule has 3 rings (SSSR count). The van der Waals surface area contributed by atoms with E-state index in [2.05, 4.69) is 5.32 Å². The molecular weight excluding hydrogens is 388 g/mol. The highest BCUT2D eigenvalue weighted by atomic mass is 32.2. The summed E-state index contributed by atoms with van der Waals surface area (Å²) in [6.07, 6.45) is 2.80. The lowest BCUT2D eigenvalue weighted by molar-refractivity contribution is 0.0946. The first-order valence-electron chi connectivity index (χ1n) is 9.97. The van der Waals surface area contributed by atoms with E-state index in [-0.39, 0.29) is 10.8 Å². The lowest BCUT2D eigenvalue weighted by atomic mass is 10.1. The zero-order valence-electron chi connectivity index (χ0n) is 17.0. The first-order valence-corrected chi connectivity index (χ1v) is 11.4. The maximum absolute atomic E-state index is 12.9. The van der Waals surface area contributed by atoms with Crippen LogP contribution in [0.2, 0.25) is 0 Å². The first-order chi connectivity index (χ1) is 13.9. The summed E-state index contributed by atoms with van der Waals surface area (Å²) in [5.74, 6) is 0.485. The second kappa shape index (κ2) is 9.41. The molecule has 0 bridgehead atoms. The minimum Gasteiger partial charge on any atom is -0.491 e. The number of hydrogen-bond acceptors (Lipinski definition) is 4. The molecule has 1 aliphatic heterocycles. The van der Waals surface area contributed by atoms with Gasteiger partial charge in [-0.1, -0.05) is 30.7 Å². The van der Waals surface area contributed by atoms with Crippen molar-refractivity contribution in [2.75, 3.05) is 26.2 Å². The van der Waals surface area contributed by atoms with Crippen LogP contribution in [0.15, 0.2) is 47.4 Å². The van der Waals surface area contributed by atoms with E-state index in [9.17, 15) is 13.2 Å². The van der Waals surface area contributed by atoms with Crippen LogP contribution < -0.4 is 10.1 Å². The number of sulfonamides is 1. The molecule has 0 saturated carbocycles. The fraction of sp³-hybridized carbons (Fsp3) is 0.409. The summed E-state index contributed by atoms with van der Waals surface area (Å²) >= 11 is 0. The molecule has 156 valence electrons. The van der Waals surface area contributed by atoms with Crippen molar-refractivity contribution in [1.82, 2.24) is 9.62 Å². The Morgan fingerprint density at radius 3 is 2.48 bits per heavy atom. The Kier molecular flexibility index (Phi) is 6.92. The Hall–Kier alpha value is -2.38. The maximum Gasteiger partial charge on any atom is 0.251 e. The first kappa shape index (κ1) is 21.3. The summed E-state index contributed by atoms with van der Waals surface area (Å²) in [6, 6.07) is 12.4. The number of nitrogens with zero attached hydrogens (tertiary/aromatic N) is 1. The number of rotatable bonds is 7. The van der Waals surface area contributed by atoms with E-state index < -0.39 is 10.0 Å². The fourth-order valence-corrected chi connectivity index (χ4v) is 4.94. The minimum absolute atomic E-state index is 0.173. The van der Waals surface area contributed by atoms with Gasteiger partial charge in [-0.05, 0) is 56.0 Å². The third-order valence-electron chi connectivity index (χ3n) is 5.15. The molecule has 1 aliphatic rings. The van der Waals surface area contributed by atoms with Crippen LogP contribution in [0.5, 0.6) is 5.75 Å². The van der Waals surface area contributed by atoms with Crippen molar-refractivity contribution < 1.29 is 17.9 Å². The van der Waals surface area contributed by atoms with E-state index in [1.807, 2.05) is 31.2 Å². The molecule has 6 nitrogen and oxygen atoms in total. The van der Waals surface area contributed by atoms with E-state index in [4.69, 9.17) is 4.74 Å². The summed E-state index contributed by atoms with van der Waals surface area (Å²) in [5, 5.41) is 2.82. The SMILES string of the molecule is Cc1ccccc1OCCNC(=O)c1cc(S(=O)(=O)N2CCCCC2)ccc1C. The minimum atomic E-state index is -3.57. The Morgan fingerprint density at radius 2 is 1.76 bits per heavy atom. The van der Waals surface area contributed by atoms with Gasteiger partial charge in [-0.3, -0.25) is 4.79 Å². The fourth-order valence-electron chi connectivity index (χ4n) is 3.40. The number of hydrogen-bond donors (Lipinski definition) is 1. The van der Waals surface area contributed by atoms with Crippen LogP contribution in [0, 0.1) is 13.8 Å². The van der Waals surface area contributed by atoms with Crippen molar-refractivity contribution >= 4 is 15.9 Å². The standard InChI is InChI=1S/C22H28N2O4S/c1-17-10-11-19(29(26,27)24-13-6-3-7-14-24)16-20(17)22(25)23-12-15-28-21-9-5-4-8-18(21)2/h4-5,8-11,16H,3,6-7,12-15H2,1-2H3,(H,23,25). The summed E-state index contributed by atoms with van der Waals surface area (Å²) in [4.78, 5) is 12.8. The van der Waals surface area contributed by atoms with Crippen LogP contribution in [-0.2, 0) is 10.0 Å². The second-order valence-electron chi connectivity index (χ2n) is 7.31. The quantitative estimate of drug-likeness (QED) is 0.703. The molecule has 2 aromatic carbocycles. The summed E-state index contributed by atoms with van der Waals surface area (Å²) in [5.41, 5.74) is 2.14. The number of aryl methyl sites for hydroxylation is 2. The van der Waals surface area contributed by atoms with Gasteiger partial charge in [0.25, 0.3) is 5.91 Å². The van der Waals surface area contributed by atoms with Gasteiger partial charge in [0.05, 0.1) is 11.4 Å². The van der Waals surface area contributed by atoms with E-state index in [0.29, 0.717) is 31.8 Å². The molecule has 29 heavy (non-hydrogen) atoms. The normalized spacial score (nSPS) is 15.1. The highest BCUT2D eigenvalue weighted by Gasteiger charge is 2.27. The van der Waals surface area contributed by atoms with E-state index >= 15 is 0 Å². The third kappa shape index (κ3) is 5.16. The molecule has 0 unspecified atom stereocenters. The smallest absolute Gasteiger partial charge is 0.251 e. The number of piperidine rings is 1. The summed E-state index contributed by atoms with van der Waals surface area (Å²) in [6.45, 7) is 5.50. The van der Waals surface area contributed by atoms with Crippen LogP contribution in [0.3, 0.4) is 0 Å². The molecule has 1 heterocycles. The Bertz CT molecular complexity index is 967. The number of carbonyl (C=O) groups is 1. The topological polar surface area (TPSA) is 75.7 Å². The summed E-state index contributed by atoms with van der Waals surface area (Å²) in [7, 11) is -3.57. The second-order valence-corrected chi connectivity index (χ2v) is 9.25. The van der Waals surface area contributed by atoms with Gasteiger partial charge in [0.2, 0.25) is 10.0 Å². The lowest BCUT2D eigenvalue weighted by Gasteiger charge is -2.26. The number of nitrogens with one attached hydrogen (secondary N) is 1. The average Bonchev–Trinajstić information content (AvgIpc) is 2.73. The van der Waals surface area contributed by atoms with Gasteiger partial charge in [0, 0.05) is 18.7 Å². The zero-order chi connectivity index (χ0) is 20.9. The molecular formula is C22H28N2O4S. The van der Waals surface area contributed by atoms with Crippen molar-refractivity contribution in [1.29, 1.82) is 0 Å². The van der Waals surface area contributed by atoms with Gasteiger partial charge in [-0.25, -0.2) is 8.42 Å². The van der Waals surface area contributed by atoms with Crippen molar-refractivity contribution in [2.45, 2.75) is 38.0 Å². The van der Waals surface area contributed by atoms with Gasteiger partial charge < -0.3 is 10.1 Å². The molecule has 0 aromatic heterocycles. The predicted molar refractivity (Wildman–Crippen MR) is 113 cm³/mol. The molecule has 1 fully saturated rings. The van der Waals surface area contributed by atoms with Crippen LogP contribution in [-0.4, -0.2) is 44.9 Å². The molecule has 0 radical (unpaired) electrons. The largest absolute Gasteiger partial charge is 0.491 e. The van der Waals surface area contributed by atoms with Gasteiger partial charge >= 0.3 is 0 Å². The van der Waals surface area contributed by atoms with Crippen LogP contribution in [0.1, 0.15) is 40.7 Å². The molecule has 0 aliphatic carbocycles. The van der Waals surface area contributed by atoms with Crippen molar-refractivity contribution in [3.63, 3.8) is 0 Å². The van der Waals surface area contributed by atoms with Gasteiger partial charge in [-0.15, -0.1) is 0 Å². The predicted octanol–water partition coefficient (Wildman–Crippen LogP) is 3.29. The van der Waals surface area contributed by atoms with Crippen LogP contribution in [0.25, 0.3) is 0 Å². The molecule has 1 N–H and O–H groups in total. The van der Waals surface area contributed by atoms with E-state index in [0.717, 1.165) is 36.1 Å². The molecule has 2 aromatic rings. The highest BCUT2D eigenvalue weighted by molar-refractivity contribution is 7.89. The summed E-state index contributed by atoms with van der Waals surface area (Å²) < 4.78 is 33.0. The number of benzene rings is 2. The molecule has 7 heteroatoms. The lowest BCUT2D eigenvalue weighted by Crippen LogP contribution is -2.36. The van der Waals surface area contributed by atoms with E-state index in [1.165, 1.54) is 10.4 Å². The Morgan fingerprint density at radius 1 is 1.03 bits per heavy atom. The molecule has 1 amide bonds. The maximum atomic E-state index is 12.9. The zero-order valence-corrected chi connectivity index (χ0v) is 17.8. The highest BCUT2D eigenvalue weighted by Crippen LogP contribution is 2.23. The Balaban J connectivity index is 1.64. The van der Waals surface area contributed by atoms with Crippen molar-refractivity contribution in [3.05, 3.63) is 59.2 Å². The third-order valence-corrected chi connectivity index (χ3v) is 7.04. The van der Waals surface area contributed by atoms with Crippen LogP contribution in [0.4, 0.5) is 0 Å². The van der Waals surface area contributed by atoms with Gasteiger partial charge in [0.15, 0.2) is 0 Å². The molecule has 0 spiro atoms. The average molecular weight is 417 g/mol.